The van der Waals surface area contributed by atoms with E-state index in [0.717, 1.165) is 18.4 Å². The van der Waals surface area contributed by atoms with Gasteiger partial charge in [-0.1, -0.05) is 43.1 Å². The van der Waals surface area contributed by atoms with E-state index in [1.54, 1.807) is 25.1 Å². The highest BCUT2D eigenvalue weighted by atomic mass is 35.5. The summed E-state index contributed by atoms with van der Waals surface area (Å²) >= 11 is 12.1. The quantitative estimate of drug-likeness (QED) is 0.427. The highest BCUT2D eigenvalue weighted by Gasteiger charge is 2.32. The molecular formula is C24H29Cl2F2N3O4S. The molecule has 0 radical (unpaired) electrons. The summed E-state index contributed by atoms with van der Waals surface area (Å²) in [5.74, 6) is -3.55. The van der Waals surface area contributed by atoms with Crippen molar-refractivity contribution in [1.82, 2.24) is 10.2 Å². The summed E-state index contributed by atoms with van der Waals surface area (Å²) in [7, 11) is -4.08. The van der Waals surface area contributed by atoms with Gasteiger partial charge in [-0.05, 0) is 49.6 Å². The van der Waals surface area contributed by atoms with Gasteiger partial charge < -0.3 is 10.2 Å². The lowest BCUT2D eigenvalue weighted by Gasteiger charge is -2.33. The van der Waals surface area contributed by atoms with E-state index < -0.39 is 46.1 Å². The van der Waals surface area contributed by atoms with Gasteiger partial charge in [0.25, 0.3) is 0 Å². The molecule has 2 aromatic carbocycles. The second kappa shape index (κ2) is 12.7. The molecule has 0 aliphatic carbocycles. The van der Waals surface area contributed by atoms with Gasteiger partial charge in [-0.3, -0.25) is 13.9 Å². The third kappa shape index (κ3) is 7.78. The number of nitrogens with one attached hydrogen (secondary N) is 1. The second-order valence-corrected chi connectivity index (χ2v) is 11.1. The van der Waals surface area contributed by atoms with Gasteiger partial charge in [0.15, 0.2) is 11.6 Å². The smallest absolute Gasteiger partial charge is 0.244 e. The minimum Gasteiger partial charge on any atom is -0.352 e. The number of sulfonamides is 1. The molecule has 0 heterocycles. The first-order valence-electron chi connectivity index (χ1n) is 11.2. The second-order valence-electron chi connectivity index (χ2n) is 8.38. The first kappa shape index (κ1) is 29.8. The van der Waals surface area contributed by atoms with Crippen molar-refractivity contribution in [3.8, 4) is 0 Å². The summed E-state index contributed by atoms with van der Waals surface area (Å²) in [4.78, 5) is 27.9. The van der Waals surface area contributed by atoms with Crippen LogP contribution in [0.4, 0.5) is 14.5 Å². The largest absolute Gasteiger partial charge is 0.352 e. The lowest BCUT2D eigenvalue weighted by molar-refractivity contribution is -0.140. The Labute approximate surface area is 220 Å². The van der Waals surface area contributed by atoms with Crippen LogP contribution in [0.15, 0.2) is 36.4 Å². The summed E-state index contributed by atoms with van der Waals surface area (Å²) in [5, 5.41) is 3.40. The Balaban J connectivity index is 2.48. The van der Waals surface area contributed by atoms with Crippen LogP contribution in [-0.2, 0) is 26.2 Å². The molecule has 0 aliphatic rings. The lowest BCUT2D eigenvalue weighted by Crippen LogP contribution is -2.53. The molecule has 2 amide bonds. The fraction of sp³-hybridized carbons (Fsp3) is 0.417. The number of carbonyl (C=O) groups excluding carboxylic acids is 2. The van der Waals surface area contributed by atoms with Crippen LogP contribution < -0.4 is 9.62 Å². The first-order chi connectivity index (χ1) is 16.8. The molecule has 0 fully saturated rings. The monoisotopic (exact) mass is 563 g/mol. The van der Waals surface area contributed by atoms with Crippen LogP contribution in [-0.4, -0.2) is 50.0 Å². The molecular weight excluding hydrogens is 535 g/mol. The molecule has 7 nitrogen and oxygen atoms in total. The van der Waals surface area contributed by atoms with E-state index in [1.165, 1.54) is 4.90 Å². The number of nitrogens with zero attached hydrogens (tertiary/aromatic N) is 2. The van der Waals surface area contributed by atoms with E-state index in [9.17, 15) is 26.8 Å². The van der Waals surface area contributed by atoms with Crippen LogP contribution >= 0.6 is 23.2 Å². The topological polar surface area (TPSA) is 86.8 Å². The van der Waals surface area contributed by atoms with Gasteiger partial charge in [0.1, 0.15) is 12.6 Å². The van der Waals surface area contributed by atoms with Crippen molar-refractivity contribution in [1.29, 1.82) is 0 Å². The summed E-state index contributed by atoms with van der Waals surface area (Å²) in [6.45, 7) is 4.64. The molecule has 2 aromatic rings. The molecule has 0 saturated heterocycles. The number of anilines is 1. The summed E-state index contributed by atoms with van der Waals surface area (Å²) in [6, 6.07) is 6.17. The summed E-state index contributed by atoms with van der Waals surface area (Å²) in [5.41, 5.74) is 0.336. The minimum absolute atomic E-state index is 0.0719. The Morgan fingerprint density at radius 3 is 2.19 bits per heavy atom. The molecule has 0 aromatic heterocycles. The van der Waals surface area contributed by atoms with Crippen molar-refractivity contribution in [2.24, 2.45) is 0 Å². The van der Waals surface area contributed by atoms with Gasteiger partial charge in [0, 0.05) is 18.7 Å². The van der Waals surface area contributed by atoms with Crippen LogP contribution in [0.5, 0.6) is 0 Å². The van der Waals surface area contributed by atoms with Crippen LogP contribution in [0, 0.1) is 11.6 Å². The van der Waals surface area contributed by atoms with Crippen molar-refractivity contribution in [3.05, 3.63) is 63.6 Å². The molecule has 0 aliphatic heterocycles. The van der Waals surface area contributed by atoms with Gasteiger partial charge in [-0.2, -0.15) is 0 Å². The number of hydrogen-bond donors (Lipinski definition) is 1. The fourth-order valence-electron chi connectivity index (χ4n) is 3.45. The molecule has 2 atom stereocenters. The third-order valence-electron chi connectivity index (χ3n) is 5.59. The van der Waals surface area contributed by atoms with Crippen molar-refractivity contribution in [3.63, 3.8) is 0 Å². The van der Waals surface area contributed by atoms with Gasteiger partial charge in [0.2, 0.25) is 21.8 Å². The molecule has 2 rings (SSSR count). The van der Waals surface area contributed by atoms with Crippen LogP contribution in [0.1, 0.15) is 39.2 Å². The SMILES string of the molecule is CC[C@H](C(=O)N[C@@H](C)CC)N(Cc1ccc(Cl)c(Cl)c1)C(=O)CN(c1ccc(F)c(F)c1)S(C)(=O)=O. The standard InChI is InChI=1S/C24H29Cl2F2N3O4S/c1-5-15(3)29-24(33)22(6-2)30(13-16-7-9-18(25)19(26)11-16)23(32)14-31(36(4,34)35)17-8-10-20(27)21(28)12-17/h7-12,15,22H,5-6,13-14H2,1-4H3,(H,29,33)/t15-,22+/m0/s1. The zero-order valence-corrected chi connectivity index (χ0v) is 22.7. The Bertz CT molecular complexity index is 1210. The predicted octanol–water partition coefficient (Wildman–Crippen LogP) is 4.76. The average molecular weight is 564 g/mol. The number of hydrogen-bond acceptors (Lipinski definition) is 4. The molecule has 0 unspecified atom stereocenters. The molecule has 1 N–H and O–H groups in total. The normalized spacial score (nSPS) is 13.1. The molecule has 36 heavy (non-hydrogen) atoms. The molecule has 198 valence electrons. The van der Waals surface area contributed by atoms with E-state index in [2.05, 4.69) is 5.32 Å². The van der Waals surface area contributed by atoms with E-state index >= 15 is 0 Å². The highest BCUT2D eigenvalue weighted by Crippen LogP contribution is 2.25. The van der Waals surface area contributed by atoms with Gasteiger partial charge >= 0.3 is 0 Å². The Kier molecular flexibility index (Phi) is 10.5. The Morgan fingerprint density at radius 1 is 1.00 bits per heavy atom. The van der Waals surface area contributed by atoms with Crippen molar-refractivity contribution in [2.45, 2.75) is 52.2 Å². The number of amides is 2. The minimum atomic E-state index is -4.08. The number of benzene rings is 2. The van der Waals surface area contributed by atoms with E-state index in [-0.39, 0.29) is 29.7 Å². The predicted molar refractivity (Wildman–Crippen MR) is 138 cm³/mol. The summed E-state index contributed by atoms with van der Waals surface area (Å²) < 4.78 is 53.0. The maximum Gasteiger partial charge on any atom is 0.244 e. The molecule has 0 bridgehead atoms. The van der Waals surface area contributed by atoms with Crippen LogP contribution in [0.3, 0.4) is 0 Å². The average Bonchev–Trinajstić information content (AvgIpc) is 2.80. The van der Waals surface area contributed by atoms with Crippen molar-refractivity contribution >= 4 is 50.7 Å². The first-order valence-corrected chi connectivity index (χ1v) is 13.8. The zero-order valence-electron chi connectivity index (χ0n) is 20.4. The Morgan fingerprint density at radius 2 is 1.67 bits per heavy atom. The van der Waals surface area contributed by atoms with Gasteiger partial charge in [-0.15, -0.1) is 0 Å². The molecule has 12 heteroatoms. The summed E-state index contributed by atoms with van der Waals surface area (Å²) in [6.07, 6.45) is 1.75. The maximum absolute atomic E-state index is 13.9. The fourth-order valence-corrected chi connectivity index (χ4v) is 4.61. The Hall–Kier alpha value is -2.43. The van der Waals surface area contributed by atoms with E-state index in [0.29, 0.717) is 27.4 Å². The maximum atomic E-state index is 13.9. The number of carbonyl (C=O) groups is 2. The van der Waals surface area contributed by atoms with Crippen LogP contribution in [0.2, 0.25) is 10.0 Å². The zero-order chi connectivity index (χ0) is 27.2. The molecule has 0 spiro atoms. The third-order valence-corrected chi connectivity index (χ3v) is 7.47. The van der Waals surface area contributed by atoms with Gasteiger partial charge in [-0.25, -0.2) is 17.2 Å². The number of halogens is 4. The van der Waals surface area contributed by atoms with E-state index in [4.69, 9.17) is 23.2 Å². The van der Waals surface area contributed by atoms with E-state index in [1.807, 2.05) is 13.8 Å². The van der Waals surface area contributed by atoms with Crippen LogP contribution in [0.25, 0.3) is 0 Å². The van der Waals surface area contributed by atoms with Crippen molar-refractivity contribution < 1.29 is 26.8 Å². The van der Waals surface area contributed by atoms with Gasteiger partial charge in [0.05, 0.1) is 22.0 Å². The molecule has 0 saturated carbocycles. The van der Waals surface area contributed by atoms with Crippen molar-refractivity contribution in [2.75, 3.05) is 17.1 Å². The lowest BCUT2D eigenvalue weighted by atomic mass is 10.1. The number of rotatable bonds is 11. The highest BCUT2D eigenvalue weighted by molar-refractivity contribution is 7.92.